The number of methoxy groups -OCH3 is 1. The van der Waals surface area contributed by atoms with Crippen molar-refractivity contribution in [3.63, 3.8) is 0 Å². The number of carbonyl (C=O) groups excluding carboxylic acids is 2. The summed E-state index contributed by atoms with van der Waals surface area (Å²) in [4.78, 5) is 27.9. The van der Waals surface area contributed by atoms with Crippen LogP contribution in [0.4, 0.5) is 0 Å². The zero-order chi connectivity index (χ0) is 14.0. The van der Waals surface area contributed by atoms with Crippen molar-refractivity contribution >= 4 is 11.8 Å². The first kappa shape index (κ1) is 13.5. The van der Waals surface area contributed by atoms with E-state index >= 15 is 0 Å². The van der Waals surface area contributed by atoms with Crippen LogP contribution >= 0.6 is 0 Å². The number of aryl methyl sites for hydroxylation is 1. The van der Waals surface area contributed by atoms with Crippen molar-refractivity contribution in [2.45, 2.75) is 20.3 Å². The van der Waals surface area contributed by atoms with Gasteiger partial charge in [-0.2, -0.15) is 0 Å². The molecule has 1 heterocycles. The average molecular weight is 263 g/mol. The number of hydrogen-bond acceptors (Lipinski definition) is 5. The maximum Gasteiger partial charge on any atom is 0.309 e. The fraction of sp³-hybridized carbons (Fsp3) is 0.500. The number of rotatable bonds is 5. The molecule has 2 unspecified atom stereocenters. The van der Waals surface area contributed by atoms with E-state index in [2.05, 4.69) is 4.98 Å². The van der Waals surface area contributed by atoms with Gasteiger partial charge in [0.1, 0.15) is 5.75 Å². The number of Topliss-reactive ketones (excluding diaryl/α,β-unsaturated/α-hetero) is 1. The highest BCUT2D eigenvalue weighted by atomic mass is 16.5. The van der Waals surface area contributed by atoms with Crippen molar-refractivity contribution in [1.82, 2.24) is 4.98 Å². The van der Waals surface area contributed by atoms with Crippen LogP contribution in [0, 0.1) is 18.8 Å². The van der Waals surface area contributed by atoms with E-state index in [1.807, 2.05) is 6.92 Å². The van der Waals surface area contributed by atoms with Crippen LogP contribution in [0.3, 0.4) is 0 Å². The molecule has 2 rings (SSSR count). The van der Waals surface area contributed by atoms with E-state index < -0.39 is 0 Å². The molecule has 0 N–H and O–H groups in total. The molecule has 1 fully saturated rings. The highest BCUT2D eigenvalue weighted by Gasteiger charge is 2.49. The molecule has 0 bridgehead atoms. The molecule has 0 aromatic carbocycles. The third-order valence-corrected chi connectivity index (χ3v) is 3.20. The number of esters is 1. The van der Waals surface area contributed by atoms with Crippen molar-refractivity contribution in [2.24, 2.45) is 11.8 Å². The summed E-state index contributed by atoms with van der Waals surface area (Å²) in [6, 6.07) is 1.72. The molecule has 1 aliphatic rings. The van der Waals surface area contributed by atoms with Gasteiger partial charge in [0, 0.05) is 23.9 Å². The molecule has 19 heavy (non-hydrogen) atoms. The van der Waals surface area contributed by atoms with Gasteiger partial charge in [-0.05, 0) is 20.3 Å². The molecule has 0 amide bonds. The fourth-order valence-electron chi connectivity index (χ4n) is 2.08. The highest BCUT2D eigenvalue weighted by molar-refractivity contribution is 6.04. The SMILES string of the molecule is CCOC(=O)C1CC1C(=O)c1cnc(C)cc1OC. The Morgan fingerprint density at radius 1 is 1.42 bits per heavy atom. The number of ketones is 1. The molecule has 0 radical (unpaired) electrons. The minimum absolute atomic E-state index is 0.0950. The van der Waals surface area contributed by atoms with Crippen LogP contribution < -0.4 is 4.74 Å². The minimum atomic E-state index is -0.307. The molecule has 5 heteroatoms. The van der Waals surface area contributed by atoms with E-state index in [0.717, 1.165) is 5.69 Å². The van der Waals surface area contributed by atoms with Crippen molar-refractivity contribution in [1.29, 1.82) is 0 Å². The van der Waals surface area contributed by atoms with Crippen molar-refractivity contribution in [2.75, 3.05) is 13.7 Å². The van der Waals surface area contributed by atoms with Crippen LogP contribution in [-0.4, -0.2) is 30.5 Å². The van der Waals surface area contributed by atoms with Crippen molar-refractivity contribution in [3.8, 4) is 5.75 Å². The van der Waals surface area contributed by atoms with Crippen LogP contribution in [0.5, 0.6) is 5.75 Å². The zero-order valence-corrected chi connectivity index (χ0v) is 11.3. The lowest BCUT2D eigenvalue weighted by Gasteiger charge is -2.07. The van der Waals surface area contributed by atoms with Gasteiger partial charge in [-0.3, -0.25) is 14.6 Å². The van der Waals surface area contributed by atoms with Crippen LogP contribution in [-0.2, 0) is 9.53 Å². The van der Waals surface area contributed by atoms with Crippen LogP contribution in [0.2, 0.25) is 0 Å². The van der Waals surface area contributed by atoms with Gasteiger partial charge in [0.2, 0.25) is 0 Å². The second-order valence-electron chi connectivity index (χ2n) is 4.59. The largest absolute Gasteiger partial charge is 0.496 e. The topological polar surface area (TPSA) is 65.5 Å². The Morgan fingerprint density at radius 3 is 2.79 bits per heavy atom. The molecular weight excluding hydrogens is 246 g/mol. The molecule has 1 aliphatic carbocycles. The number of nitrogens with zero attached hydrogens (tertiary/aromatic N) is 1. The lowest BCUT2D eigenvalue weighted by atomic mass is 10.1. The molecule has 1 aromatic rings. The van der Waals surface area contributed by atoms with Gasteiger partial charge in [0.25, 0.3) is 0 Å². The van der Waals surface area contributed by atoms with E-state index in [4.69, 9.17) is 9.47 Å². The van der Waals surface area contributed by atoms with Gasteiger partial charge in [-0.25, -0.2) is 0 Å². The minimum Gasteiger partial charge on any atom is -0.496 e. The Hall–Kier alpha value is -1.91. The third-order valence-electron chi connectivity index (χ3n) is 3.20. The molecule has 2 atom stereocenters. The summed E-state index contributed by atoms with van der Waals surface area (Å²) >= 11 is 0. The van der Waals surface area contributed by atoms with E-state index in [0.29, 0.717) is 24.3 Å². The van der Waals surface area contributed by atoms with E-state index in [1.54, 1.807) is 13.0 Å². The number of carbonyl (C=O) groups is 2. The second-order valence-corrected chi connectivity index (χ2v) is 4.59. The zero-order valence-electron chi connectivity index (χ0n) is 11.3. The summed E-state index contributed by atoms with van der Waals surface area (Å²) in [5.41, 5.74) is 1.22. The van der Waals surface area contributed by atoms with Gasteiger partial charge in [0.15, 0.2) is 5.78 Å². The van der Waals surface area contributed by atoms with Crippen LogP contribution in [0.25, 0.3) is 0 Å². The number of ether oxygens (including phenoxy) is 2. The first-order chi connectivity index (χ1) is 9.08. The predicted molar refractivity (Wildman–Crippen MR) is 68.1 cm³/mol. The normalized spacial score (nSPS) is 20.8. The number of pyridine rings is 1. The predicted octanol–water partition coefficient (Wildman–Crippen LogP) is 1.78. The standard InChI is InChI=1S/C14H17NO4/c1-4-19-14(17)10-6-9(10)13(16)11-7-15-8(2)5-12(11)18-3/h5,7,9-10H,4,6H2,1-3H3. The highest BCUT2D eigenvalue weighted by Crippen LogP contribution is 2.43. The summed E-state index contributed by atoms with van der Waals surface area (Å²) < 4.78 is 10.1. The third kappa shape index (κ3) is 2.75. The maximum atomic E-state index is 12.3. The summed E-state index contributed by atoms with van der Waals surface area (Å²) in [6.45, 7) is 3.92. The molecule has 5 nitrogen and oxygen atoms in total. The Bertz CT molecular complexity index is 512. The molecule has 0 spiro atoms. The molecule has 1 saturated carbocycles. The molecule has 102 valence electrons. The van der Waals surface area contributed by atoms with Crippen molar-refractivity contribution in [3.05, 3.63) is 23.5 Å². The van der Waals surface area contributed by atoms with E-state index in [9.17, 15) is 9.59 Å². The van der Waals surface area contributed by atoms with Gasteiger partial charge >= 0.3 is 5.97 Å². The smallest absolute Gasteiger partial charge is 0.309 e. The quantitative estimate of drug-likeness (QED) is 0.598. The fourth-order valence-corrected chi connectivity index (χ4v) is 2.08. The molecule has 1 aromatic heterocycles. The maximum absolute atomic E-state index is 12.3. The van der Waals surface area contributed by atoms with E-state index in [1.165, 1.54) is 13.3 Å². The first-order valence-corrected chi connectivity index (χ1v) is 6.30. The summed E-state index contributed by atoms with van der Waals surface area (Å²) in [5, 5.41) is 0. The lowest BCUT2D eigenvalue weighted by Crippen LogP contribution is -2.13. The number of aromatic nitrogens is 1. The van der Waals surface area contributed by atoms with Gasteiger partial charge in [-0.15, -0.1) is 0 Å². The Morgan fingerprint density at radius 2 is 2.16 bits per heavy atom. The molecule has 0 aliphatic heterocycles. The molecular formula is C14H17NO4. The van der Waals surface area contributed by atoms with Gasteiger partial charge < -0.3 is 9.47 Å². The van der Waals surface area contributed by atoms with Gasteiger partial charge in [-0.1, -0.05) is 0 Å². The van der Waals surface area contributed by atoms with Gasteiger partial charge in [0.05, 0.1) is 25.2 Å². The number of hydrogen-bond donors (Lipinski definition) is 0. The Balaban J connectivity index is 2.12. The lowest BCUT2D eigenvalue weighted by molar-refractivity contribution is -0.144. The average Bonchev–Trinajstić information content (AvgIpc) is 3.18. The van der Waals surface area contributed by atoms with Crippen LogP contribution in [0.15, 0.2) is 12.3 Å². The van der Waals surface area contributed by atoms with Crippen LogP contribution in [0.1, 0.15) is 29.4 Å². The molecule has 0 saturated heterocycles. The summed E-state index contributed by atoms with van der Waals surface area (Å²) in [7, 11) is 1.52. The second kappa shape index (κ2) is 5.38. The monoisotopic (exact) mass is 263 g/mol. The Labute approximate surface area is 111 Å². The first-order valence-electron chi connectivity index (χ1n) is 6.30. The summed E-state index contributed by atoms with van der Waals surface area (Å²) in [5.74, 6) is -0.481. The van der Waals surface area contributed by atoms with E-state index in [-0.39, 0.29) is 23.6 Å². The Kier molecular flexibility index (Phi) is 3.83. The summed E-state index contributed by atoms with van der Waals surface area (Å²) in [6.07, 6.45) is 2.06. The van der Waals surface area contributed by atoms with Crippen molar-refractivity contribution < 1.29 is 19.1 Å².